The van der Waals surface area contributed by atoms with E-state index in [1.807, 2.05) is 0 Å². The second-order valence-corrected chi connectivity index (χ2v) is 4.35. The van der Waals surface area contributed by atoms with Crippen LogP contribution in [0.25, 0.3) is 11.2 Å². The highest BCUT2D eigenvalue weighted by Crippen LogP contribution is 2.35. The molecule has 0 amide bonds. The van der Waals surface area contributed by atoms with Crippen molar-refractivity contribution in [1.82, 2.24) is 19.9 Å². The van der Waals surface area contributed by atoms with Crippen molar-refractivity contribution in [1.29, 1.82) is 0 Å². The molecule has 3 rings (SSSR count). The van der Waals surface area contributed by atoms with E-state index in [1.54, 1.807) is 12.4 Å². The first-order chi connectivity index (χ1) is 7.78. The van der Waals surface area contributed by atoms with Gasteiger partial charge in [0.2, 0.25) is 0 Å². The number of hydrogen-bond donors (Lipinski definition) is 1. The van der Waals surface area contributed by atoms with Gasteiger partial charge in [-0.15, -0.1) is 0 Å². The van der Waals surface area contributed by atoms with Crippen LogP contribution in [0.3, 0.4) is 0 Å². The Hall–Kier alpha value is -1.62. The van der Waals surface area contributed by atoms with Crippen LogP contribution >= 0.6 is 0 Å². The van der Waals surface area contributed by atoms with Crippen molar-refractivity contribution in [2.75, 3.05) is 0 Å². The van der Waals surface area contributed by atoms with Crippen LogP contribution in [0.2, 0.25) is 0 Å². The fourth-order valence-electron chi connectivity index (χ4n) is 2.27. The van der Waals surface area contributed by atoms with E-state index in [0.717, 1.165) is 18.5 Å². The first-order valence-electron chi connectivity index (χ1n) is 5.50. The molecule has 2 N–H and O–H groups in total. The van der Waals surface area contributed by atoms with Crippen molar-refractivity contribution < 1.29 is 0 Å². The van der Waals surface area contributed by atoms with Gasteiger partial charge in [0.05, 0.1) is 23.6 Å². The molecule has 1 saturated carbocycles. The minimum absolute atomic E-state index is 0.299. The largest absolute Gasteiger partial charge is 0.320 e. The van der Waals surface area contributed by atoms with Gasteiger partial charge in [0, 0.05) is 0 Å². The molecule has 0 aromatic carbocycles. The Morgan fingerprint density at radius 3 is 2.75 bits per heavy atom. The zero-order valence-corrected chi connectivity index (χ0v) is 8.93. The summed E-state index contributed by atoms with van der Waals surface area (Å²) in [5, 5.41) is 0. The van der Waals surface area contributed by atoms with Gasteiger partial charge in [0.1, 0.15) is 11.8 Å². The third-order valence-electron chi connectivity index (χ3n) is 3.23. The Morgan fingerprint density at radius 2 is 1.94 bits per heavy atom. The minimum Gasteiger partial charge on any atom is -0.320 e. The summed E-state index contributed by atoms with van der Waals surface area (Å²) in [6.07, 6.45) is 9.21. The number of nitrogens with zero attached hydrogens (tertiary/aromatic N) is 4. The average Bonchev–Trinajstić information content (AvgIpc) is 2.77. The lowest BCUT2D eigenvalue weighted by Gasteiger charge is -2.22. The number of nitrogens with two attached hydrogens (primary N) is 1. The van der Waals surface area contributed by atoms with E-state index >= 15 is 0 Å². The molecule has 2 heterocycles. The Morgan fingerprint density at radius 1 is 1.12 bits per heavy atom. The van der Waals surface area contributed by atoms with Gasteiger partial charge in [0.25, 0.3) is 0 Å². The van der Waals surface area contributed by atoms with Crippen molar-refractivity contribution >= 4 is 11.2 Å². The summed E-state index contributed by atoms with van der Waals surface area (Å²) in [5.41, 5.74) is 8.23. The SMILES string of the molecule is NC1(c2cnc3cncnc3n2)CCCC1. The molecule has 0 aliphatic heterocycles. The Kier molecular flexibility index (Phi) is 2.07. The van der Waals surface area contributed by atoms with E-state index in [1.165, 1.54) is 19.2 Å². The Labute approximate surface area is 93.2 Å². The molecule has 0 radical (unpaired) electrons. The van der Waals surface area contributed by atoms with E-state index in [2.05, 4.69) is 19.9 Å². The van der Waals surface area contributed by atoms with Gasteiger partial charge in [-0.3, -0.25) is 0 Å². The quantitative estimate of drug-likeness (QED) is 0.772. The Bertz CT molecular complexity index is 519. The zero-order valence-electron chi connectivity index (χ0n) is 8.93. The van der Waals surface area contributed by atoms with Crippen molar-refractivity contribution in [2.24, 2.45) is 5.73 Å². The zero-order chi connectivity index (χ0) is 11.0. The topological polar surface area (TPSA) is 77.6 Å². The van der Waals surface area contributed by atoms with Gasteiger partial charge < -0.3 is 5.73 Å². The average molecular weight is 215 g/mol. The predicted molar refractivity (Wildman–Crippen MR) is 59.5 cm³/mol. The van der Waals surface area contributed by atoms with Crippen molar-refractivity contribution in [2.45, 2.75) is 31.2 Å². The molecule has 2 aromatic heterocycles. The van der Waals surface area contributed by atoms with Crippen LogP contribution in [-0.4, -0.2) is 19.9 Å². The maximum atomic E-state index is 6.33. The Balaban J connectivity index is 2.11. The highest BCUT2D eigenvalue weighted by Gasteiger charge is 2.33. The van der Waals surface area contributed by atoms with Crippen LogP contribution in [0.5, 0.6) is 0 Å². The molecule has 1 aliphatic carbocycles. The molecule has 1 aliphatic rings. The summed E-state index contributed by atoms with van der Waals surface area (Å²) >= 11 is 0. The van der Waals surface area contributed by atoms with E-state index in [-0.39, 0.29) is 5.54 Å². The molecule has 0 unspecified atom stereocenters. The number of hydrogen-bond acceptors (Lipinski definition) is 5. The van der Waals surface area contributed by atoms with Gasteiger partial charge in [-0.05, 0) is 12.8 Å². The molecule has 0 saturated heterocycles. The van der Waals surface area contributed by atoms with Crippen LogP contribution in [0.1, 0.15) is 31.4 Å². The summed E-state index contributed by atoms with van der Waals surface area (Å²) in [4.78, 5) is 16.8. The number of aromatic nitrogens is 4. The van der Waals surface area contributed by atoms with Crippen LogP contribution in [0.4, 0.5) is 0 Å². The molecule has 2 aromatic rings. The van der Waals surface area contributed by atoms with Crippen molar-refractivity contribution in [3.05, 3.63) is 24.4 Å². The van der Waals surface area contributed by atoms with Gasteiger partial charge in [0.15, 0.2) is 5.65 Å². The van der Waals surface area contributed by atoms with Crippen LogP contribution in [-0.2, 0) is 5.54 Å². The van der Waals surface area contributed by atoms with E-state index in [9.17, 15) is 0 Å². The lowest BCUT2D eigenvalue weighted by molar-refractivity contribution is 0.447. The molecule has 1 fully saturated rings. The van der Waals surface area contributed by atoms with Gasteiger partial charge in [-0.25, -0.2) is 19.9 Å². The number of rotatable bonds is 1. The fourth-order valence-corrected chi connectivity index (χ4v) is 2.27. The highest BCUT2D eigenvalue weighted by molar-refractivity contribution is 5.67. The maximum absolute atomic E-state index is 6.33. The first-order valence-corrected chi connectivity index (χ1v) is 5.50. The summed E-state index contributed by atoms with van der Waals surface area (Å²) in [7, 11) is 0. The predicted octanol–water partition coefficient (Wildman–Crippen LogP) is 1.15. The lowest BCUT2D eigenvalue weighted by Crippen LogP contribution is -2.34. The molecular formula is C11H13N5. The monoisotopic (exact) mass is 215 g/mol. The van der Waals surface area contributed by atoms with Gasteiger partial charge in [-0.2, -0.15) is 0 Å². The van der Waals surface area contributed by atoms with E-state index < -0.39 is 0 Å². The standard InChI is InChI=1S/C11H13N5/c12-11(3-1-2-4-11)9-6-14-8-5-13-7-15-10(8)16-9/h5-7H,1-4,12H2. The van der Waals surface area contributed by atoms with E-state index in [0.29, 0.717) is 11.2 Å². The van der Waals surface area contributed by atoms with Crippen LogP contribution in [0, 0.1) is 0 Å². The third-order valence-corrected chi connectivity index (χ3v) is 3.23. The number of fused-ring (bicyclic) bond motifs is 1. The normalized spacial score (nSPS) is 19.1. The van der Waals surface area contributed by atoms with Crippen molar-refractivity contribution in [3.8, 4) is 0 Å². The first kappa shape index (κ1) is 9.59. The van der Waals surface area contributed by atoms with Gasteiger partial charge in [-0.1, -0.05) is 12.8 Å². The third kappa shape index (κ3) is 1.44. The van der Waals surface area contributed by atoms with Crippen LogP contribution < -0.4 is 5.73 Å². The molecule has 5 nitrogen and oxygen atoms in total. The van der Waals surface area contributed by atoms with E-state index in [4.69, 9.17) is 5.73 Å². The molecule has 0 atom stereocenters. The van der Waals surface area contributed by atoms with Crippen molar-refractivity contribution in [3.63, 3.8) is 0 Å². The molecule has 5 heteroatoms. The molecular weight excluding hydrogens is 202 g/mol. The minimum atomic E-state index is -0.299. The molecule has 0 spiro atoms. The summed E-state index contributed by atoms with van der Waals surface area (Å²) in [6.45, 7) is 0. The fraction of sp³-hybridized carbons (Fsp3) is 0.455. The second kappa shape index (κ2) is 3.45. The smallest absolute Gasteiger partial charge is 0.181 e. The lowest BCUT2D eigenvalue weighted by atomic mass is 9.95. The second-order valence-electron chi connectivity index (χ2n) is 4.35. The highest BCUT2D eigenvalue weighted by atomic mass is 15.0. The molecule has 0 bridgehead atoms. The van der Waals surface area contributed by atoms with Crippen LogP contribution in [0.15, 0.2) is 18.7 Å². The molecule has 82 valence electrons. The summed E-state index contributed by atoms with van der Waals surface area (Å²) in [5.74, 6) is 0. The van der Waals surface area contributed by atoms with Gasteiger partial charge >= 0.3 is 0 Å². The summed E-state index contributed by atoms with van der Waals surface area (Å²) in [6, 6.07) is 0. The molecule has 16 heavy (non-hydrogen) atoms. The maximum Gasteiger partial charge on any atom is 0.181 e. The summed E-state index contributed by atoms with van der Waals surface area (Å²) < 4.78 is 0.